The molecular weight excluding hydrogens is 350 g/mol. The largest absolute Gasteiger partial charge is 0.467 e. The van der Waals surface area contributed by atoms with Crippen molar-refractivity contribution in [2.45, 2.75) is 19.4 Å². The summed E-state index contributed by atoms with van der Waals surface area (Å²) in [7, 11) is 0. The van der Waals surface area contributed by atoms with Crippen LogP contribution in [0.5, 0.6) is 0 Å². The Kier molecular flexibility index (Phi) is 5.33. The standard InChI is InChI=1S/C23H21N3O2/c27-22(24-16-21-12-7-15-28-21)14-13-19-17-26(20-10-5-2-6-11-20)25-23(19)18-8-3-1-4-9-18/h1-12,15,17H,13-14,16H2,(H,24,27). The van der Waals surface area contributed by atoms with Gasteiger partial charge in [-0.2, -0.15) is 5.10 Å². The molecule has 0 bridgehead atoms. The van der Waals surface area contributed by atoms with Crippen molar-refractivity contribution < 1.29 is 9.21 Å². The Morgan fingerprint density at radius 2 is 1.71 bits per heavy atom. The molecule has 0 saturated heterocycles. The van der Waals surface area contributed by atoms with E-state index in [4.69, 9.17) is 9.52 Å². The molecule has 140 valence electrons. The average molecular weight is 371 g/mol. The number of para-hydroxylation sites is 1. The van der Waals surface area contributed by atoms with Gasteiger partial charge < -0.3 is 9.73 Å². The van der Waals surface area contributed by atoms with E-state index < -0.39 is 0 Å². The van der Waals surface area contributed by atoms with Crippen molar-refractivity contribution in [1.82, 2.24) is 15.1 Å². The van der Waals surface area contributed by atoms with Gasteiger partial charge in [0, 0.05) is 18.2 Å². The van der Waals surface area contributed by atoms with Crippen LogP contribution in [0.3, 0.4) is 0 Å². The van der Waals surface area contributed by atoms with E-state index in [1.54, 1.807) is 6.26 Å². The van der Waals surface area contributed by atoms with E-state index in [0.717, 1.165) is 28.3 Å². The fraction of sp³-hybridized carbons (Fsp3) is 0.130. The van der Waals surface area contributed by atoms with E-state index in [9.17, 15) is 4.79 Å². The summed E-state index contributed by atoms with van der Waals surface area (Å²) in [6.45, 7) is 0.403. The summed E-state index contributed by atoms with van der Waals surface area (Å²) < 4.78 is 7.12. The molecule has 0 aliphatic rings. The van der Waals surface area contributed by atoms with Crippen molar-refractivity contribution in [3.05, 3.63) is 96.6 Å². The number of benzene rings is 2. The summed E-state index contributed by atoms with van der Waals surface area (Å²) in [5.74, 6) is 0.734. The maximum Gasteiger partial charge on any atom is 0.220 e. The molecule has 2 aromatic heterocycles. The molecule has 0 fully saturated rings. The topological polar surface area (TPSA) is 60.1 Å². The zero-order chi connectivity index (χ0) is 19.2. The minimum absolute atomic E-state index is 0.0112. The summed E-state index contributed by atoms with van der Waals surface area (Å²) in [5.41, 5.74) is 3.99. The fourth-order valence-corrected chi connectivity index (χ4v) is 3.08. The lowest BCUT2D eigenvalue weighted by Crippen LogP contribution is -2.22. The van der Waals surface area contributed by atoms with Crippen LogP contribution in [0.4, 0.5) is 0 Å². The van der Waals surface area contributed by atoms with Crippen LogP contribution in [0, 0.1) is 0 Å². The van der Waals surface area contributed by atoms with E-state index in [2.05, 4.69) is 5.32 Å². The van der Waals surface area contributed by atoms with Gasteiger partial charge >= 0.3 is 0 Å². The number of hydrogen-bond acceptors (Lipinski definition) is 3. The zero-order valence-corrected chi connectivity index (χ0v) is 15.4. The van der Waals surface area contributed by atoms with Gasteiger partial charge in [-0.15, -0.1) is 0 Å². The zero-order valence-electron chi connectivity index (χ0n) is 15.4. The van der Waals surface area contributed by atoms with Gasteiger partial charge in [0.2, 0.25) is 5.91 Å². The molecule has 4 aromatic rings. The number of hydrogen-bond donors (Lipinski definition) is 1. The number of nitrogens with zero attached hydrogens (tertiary/aromatic N) is 2. The van der Waals surface area contributed by atoms with Crippen LogP contribution in [0.2, 0.25) is 0 Å². The maximum absolute atomic E-state index is 12.3. The van der Waals surface area contributed by atoms with Crippen molar-refractivity contribution in [2.24, 2.45) is 0 Å². The number of aryl methyl sites for hydroxylation is 1. The highest BCUT2D eigenvalue weighted by molar-refractivity contribution is 5.76. The molecule has 0 atom stereocenters. The van der Waals surface area contributed by atoms with Crippen molar-refractivity contribution in [3.8, 4) is 16.9 Å². The lowest BCUT2D eigenvalue weighted by Gasteiger charge is -2.04. The predicted molar refractivity (Wildman–Crippen MR) is 108 cm³/mol. The number of carbonyl (C=O) groups excluding carboxylic acids is 1. The molecular formula is C23H21N3O2. The van der Waals surface area contributed by atoms with Crippen LogP contribution < -0.4 is 5.32 Å². The molecule has 5 heteroatoms. The Morgan fingerprint density at radius 3 is 2.43 bits per heavy atom. The molecule has 0 saturated carbocycles. The fourth-order valence-electron chi connectivity index (χ4n) is 3.08. The van der Waals surface area contributed by atoms with E-state index in [0.29, 0.717) is 19.4 Å². The summed E-state index contributed by atoms with van der Waals surface area (Å²) in [6.07, 6.45) is 4.62. The highest BCUT2D eigenvalue weighted by Gasteiger charge is 2.14. The first-order chi connectivity index (χ1) is 13.8. The summed E-state index contributed by atoms with van der Waals surface area (Å²) in [5, 5.41) is 7.68. The number of rotatable bonds is 7. The highest BCUT2D eigenvalue weighted by atomic mass is 16.3. The lowest BCUT2D eigenvalue weighted by atomic mass is 10.0. The van der Waals surface area contributed by atoms with E-state index in [-0.39, 0.29) is 5.91 Å². The monoisotopic (exact) mass is 371 g/mol. The smallest absolute Gasteiger partial charge is 0.220 e. The first-order valence-electron chi connectivity index (χ1n) is 9.28. The number of nitrogens with one attached hydrogen (secondary N) is 1. The Bertz CT molecular complexity index is 1020. The second kappa shape index (κ2) is 8.39. The van der Waals surface area contributed by atoms with Crippen LogP contribution in [-0.4, -0.2) is 15.7 Å². The molecule has 28 heavy (non-hydrogen) atoms. The highest BCUT2D eigenvalue weighted by Crippen LogP contribution is 2.24. The minimum atomic E-state index is -0.0112. The Labute approximate surface area is 163 Å². The first-order valence-corrected chi connectivity index (χ1v) is 9.28. The third kappa shape index (κ3) is 4.20. The van der Waals surface area contributed by atoms with Gasteiger partial charge in [-0.3, -0.25) is 4.79 Å². The molecule has 5 nitrogen and oxygen atoms in total. The van der Waals surface area contributed by atoms with Crippen molar-refractivity contribution in [1.29, 1.82) is 0 Å². The van der Waals surface area contributed by atoms with Gasteiger partial charge in [0.05, 0.1) is 24.2 Å². The van der Waals surface area contributed by atoms with Gasteiger partial charge in [0.25, 0.3) is 0 Å². The van der Waals surface area contributed by atoms with Crippen LogP contribution in [-0.2, 0) is 17.8 Å². The van der Waals surface area contributed by atoms with Gasteiger partial charge in [-0.05, 0) is 36.2 Å². The second-order valence-electron chi connectivity index (χ2n) is 6.51. The lowest BCUT2D eigenvalue weighted by molar-refractivity contribution is -0.121. The average Bonchev–Trinajstić information content (AvgIpc) is 3.42. The maximum atomic E-state index is 12.3. The summed E-state index contributed by atoms with van der Waals surface area (Å²) in [4.78, 5) is 12.3. The van der Waals surface area contributed by atoms with Crippen LogP contribution >= 0.6 is 0 Å². The van der Waals surface area contributed by atoms with Crippen molar-refractivity contribution in [2.75, 3.05) is 0 Å². The summed E-state index contributed by atoms with van der Waals surface area (Å²) >= 11 is 0. The molecule has 4 rings (SSSR count). The van der Waals surface area contributed by atoms with E-state index in [1.165, 1.54) is 0 Å². The van der Waals surface area contributed by atoms with E-state index in [1.807, 2.05) is 83.7 Å². The van der Waals surface area contributed by atoms with Gasteiger partial charge in [-0.25, -0.2) is 4.68 Å². The molecule has 1 amide bonds. The molecule has 2 aromatic carbocycles. The Balaban J connectivity index is 1.51. The third-order valence-electron chi connectivity index (χ3n) is 4.52. The normalized spacial score (nSPS) is 10.7. The second-order valence-corrected chi connectivity index (χ2v) is 6.51. The Hall–Kier alpha value is -3.60. The van der Waals surface area contributed by atoms with Gasteiger partial charge in [0.1, 0.15) is 5.76 Å². The molecule has 1 N–H and O–H groups in total. The van der Waals surface area contributed by atoms with Gasteiger partial charge in [0.15, 0.2) is 0 Å². The molecule has 0 unspecified atom stereocenters. The molecule has 0 radical (unpaired) electrons. The van der Waals surface area contributed by atoms with Crippen LogP contribution in [0.25, 0.3) is 16.9 Å². The number of furan rings is 1. The van der Waals surface area contributed by atoms with Crippen molar-refractivity contribution >= 4 is 5.91 Å². The number of carbonyl (C=O) groups is 1. The SMILES string of the molecule is O=C(CCc1cn(-c2ccccc2)nc1-c1ccccc1)NCc1ccco1. The van der Waals surface area contributed by atoms with E-state index >= 15 is 0 Å². The number of amides is 1. The quantitative estimate of drug-likeness (QED) is 0.524. The molecule has 2 heterocycles. The van der Waals surface area contributed by atoms with Crippen LogP contribution in [0.1, 0.15) is 17.7 Å². The molecule has 0 spiro atoms. The van der Waals surface area contributed by atoms with Gasteiger partial charge in [-0.1, -0.05) is 48.5 Å². The minimum Gasteiger partial charge on any atom is -0.467 e. The summed E-state index contributed by atoms with van der Waals surface area (Å²) in [6, 6.07) is 23.7. The first kappa shape index (κ1) is 17.8. The number of aromatic nitrogens is 2. The molecule has 0 aliphatic carbocycles. The predicted octanol–water partition coefficient (Wildman–Crippen LogP) is 4.38. The Morgan fingerprint density at radius 1 is 0.964 bits per heavy atom. The molecule has 0 aliphatic heterocycles. The van der Waals surface area contributed by atoms with Crippen molar-refractivity contribution in [3.63, 3.8) is 0 Å². The third-order valence-corrected chi connectivity index (χ3v) is 4.52. The van der Waals surface area contributed by atoms with Crippen LogP contribution in [0.15, 0.2) is 89.7 Å².